The smallest absolute Gasteiger partial charge is 0.469 e. The summed E-state index contributed by atoms with van der Waals surface area (Å²) in [6.07, 6.45) is 3.14. The van der Waals surface area contributed by atoms with Crippen LogP contribution < -0.4 is 10.5 Å². The molecule has 0 amide bonds. The van der Waals surface area contributed by atoms with Gasteiger partial charge >= 0.3 is 7.82 Å². The minimum atomic E-state index is -4.53. The molecule has 0 aliphatic rings. The van der Waals surface area contributed by atoms with Crippen molar-refractivity contribution < 1.29 is 28.4 Å². The number of hydrogen-bond acceptors (Lipinski definition) is 6. The van der Waals surface area contributed by atoms with Crippen molar-refractivity contribution in [3.05, 3.63) is 52.2 Å². The first kappa shape index (κ1) is 23.7. The maximum absolute atomic E-state index is 12.3. The molecular formula is C20H28NO6PS. The van der Waals surface area contributed by atoms with Crippen LogP contribution >= 0.6 is 19.2 Å². The van der Waals surface area contributed by atoms with Gasteiger partial charge in [0.25, 0.3) is 0 Å². The molecule has 0 aliphatic heterocycles. The number of rotatable bonds is 13. The van der Waals surface area contributed by atoms with Gasteiger partial charge in [-0.1, -0.05) is 18.2 Å². The molecule has 2 aromatic rings. The highest BCUT2D eigenvalue weighted by Crippen LogP contribution is 2.37. The van der Waals surface area contributed by atoms with Crippen molar-refractivity contribution in [3.8, 4) is 5.75 Å². The van der Waals surface area contributed by atoms with E-state index in [1.165, 1.54) is 11.3 Å². The molecule has 1 atom stereocenters. The van der Waals surface area contributed by atoms with Crippen molar-refractivity contribution >= 4 is 24.9 Å². The average Bonchev–Trinajstić information content (AvgIpc) is 3.14. The van der Waals surface area contributed by atoms with Gasteiger partial charge < -0.3 is 20.3 Å². The second-order valence-electron chi connectivity index (χ2n) is 7.23. The number of ketones is 1. The molecule has 0 saturated heterocycles. The van der Waals surface area contributed by atoms with E-state index < -0.39 is 13.4 Å². The summed E-state index contributed by atoms with van der Waals surface area (Å²) in [5.74, 6) is 0.945. The molecule has 2 rings (SSSR count). The SMILES string of the molecule is CC(N)(CCc1ccc(C(=O)CCCCOc2ccccc2)s1)COP(=O)(O)O. The molecule has 29 heavy (non-hydrogen) atoms. The van der Waals surface area contributed by atoms with E-state index in [1.807, 2.05) is 42.5 Å². The Kier molecular flexibility index (Phi) is 9.02. The minimum absolute atomic E-state index is 0.112. The van der Waals surface area contributed by atoms with E-state index in [0.29, 0.717) is 30.7 Å². The molecular weight excluding hydrogens is 413 g/mol. The number of phosphoric ester groups is 1. The number of ether oxygens (including phenoxy) is 1. The molecule has 0 spiro atoms. The van der Waals surface area contributed by atoms with Crippen molar-refractivity contribution in [2.45, 2.75) is 44.6 Å². The Balaban J connectivity index is 1.68. The molecule has 0 aliphatic carbocycles. The molecule has 0 fully saturated rings. The van der Waals surface area contributed by atoms with Gasteiger partial charge in [-0.05, 0) is 56.9 Å². The summed E-state index contributed by atoms with van der Waals surface area (Å²) in [5.41, 5.74) is 5.17. The number of para-hydroxylation sites is 1. The number of aryl methyl sites for hydroxylation is 1. The molecule has 9 heteroatoms. The highest BCUT2D eigenvalue weighted by molar-refractivity contribution is 7.46. The number of carbonyl (C=O) groups is 1. The molecule has 0 radical (unpaired) electrons. The Morgan fingerprint density at radius 1 is 1.17 bits per heavy atom. The van der Waals surface area contributed by atoms with Crippen LogP contribution in [0.4, 0.5) is 0 Å². The molecule has 1 heterocycles. The number of phosphoric acid groups is 1. The first-order valence-corrected chi connectivity index (χ1v) is 11.8. The maximum atomic E-state index is 12.3. The van der Waals surface area contributed by atoms with Crippen molar-refractivity contribution in [2.75, 3.05) is 13.2 Å². The maximum Gasteiger partial charge on any atom is 0.469 e. The summed E-state index contributed by atoms with van der Waals surface area (Å²) in [5, 5.41) is 0. The van der Waals surface area contributed by atoms with Gasteiger partial charge in [-0.25, -0.2) is 4.57 Å². The number of carbonyl (C=O) groups excluding carboxylic acids is 1. The van der Waals surface area contributed by atoms with Crippen LogP contribution in [0, 0.1) is 0 Å². The molecule has 0 saturated carbocycles. The van der Waals surface area contributed by atoms with Gasteiger partial charge in [0.1, 0.15) is 5.75 Å². The van der Waals surface area contributed by atoms with Gasteiger partial charge in [-0.2, -0.15) is 0 Å². The van der Waals surface area contributed by atoms with E-state index >= 15 is 0 Å². The predicted octanol–water partition coefficient (Wildman–Crippen LogP) is 3.94. The molecule has 1 aromatic heterocycles. The zero-order valence-electron chi connectivity index (χ0n) is 16.5. The van der Waals surface area contributed by atoms with Crippen LogP contribution in [0.25, 0.3) is 0 Å². The van der Waals surface area contributed by atoms with Gasteiger partial charge in [-0.3, -0.25) is 9.32 Å². The Morgan fingerprint density at radius 2 is 1.90 bits per heavy atom. The fourth-order valence-electron chi connectivity index (χ4n) is 2.59. The first-order chi connectivity index (χ1) is 13.6. The topological polar surface area (TPSA) is 119 Å². The molecule has 7 nitrogen and oxygen atoms in total. The lowest BCUT2D eigenvalue weighted by atomic mass is 9.98. The number of Topliss-reactive ketones (excluding diaryl/α,β-unsaturated/α-hetero) is 1. The average molecular weight is 441 g/mol. The van der Waals surface area contributed by atoms with Crippen LogP contribution in [0.5, 0.6) is 5.75 Å². The molecule has 1 unspecified atom stereocenters. The lowest BCUT2D eigenvalue weighted by Gasteiger charge is -2.24. The van der Waals surface area contributed by atoms with Crippen molar-refractivity contribution in [1.82, 2.24) is 0 Å². The standard InChI is InChI=1S/C20H28NO6PS/c1-20(21,15-27-28(23,24)25)13-12-17-10-11-19(29-17)18(22)9-5-6-14-26-16-7-3-2-4-8-16/h2-4,7-8,10-11H,5-6,9,12-15,21H2,1H3,(H2,23,24,25). The fourth-order valence-corrected chi connectivity index (χ4v) is 4.03. The van der Waals surface area contributed by atoms with Gasteiger partial charge in [0.05, 0.1) is 18.1 Å². The summed E-state index contributed by atoms with van der Waals surface area (Å²) in [4.78, 5) is 31.6. The predicted molar refractivity (Wildman–Crippen MR) is 113 cm³/mol. The molecule has 0 bridgehead atoms. The summed E-state index contributed by atoms with van der Waals surface area (Å²) >= 11 is 1.44. The van der Waals surface area contributed by atoms with Gasteiger partial charge in [0.15, 0.2) is 5.78 Å². The number of nitrogens with two attached hydrogens (primary N) is 1. The molecule has 4 N–H and O–H groups in total. The van der Waals surface area contributed by atoms with E-state index in [9.17, 15) is 9.36 Å². The Labute approximate surface area is 175 Å². The van der Waals surface area contributed by atoms with E-state index in [0.717, 1.165) is 23.5 Å². The Hall–Kier alpha value is -1.54. The lowest BCUT2D eigenvalue weighted by molar-refractivity contribution is 0.0981. The van der Waals surface area contributed by atoms with Crippen molar-refractivity contribution in [2.24, 2.45) is 5.73 Å². The fraction of sp³-hybridized carbons (Fsp3) is 0.450. The van der Waals surface area contributed by atoms with E-state index in [-0.39, 0.29) is 12.4 Å². The van der Waals surface area contributed by atoms with E-state index in [2.05, 4.69) is 4.52 Å². The number of benzene rings is 1. The highest BCUT2D eigenvalue weighted by Gasteiger charge is 2.24. The van der Waals surface area contributed by atoms with Gasteiger partial charge in [-0.15, -0.1) is 11.3 Å². The molecule has 1 aromatic carbocycles. The molecule has 160 valence electrons. The summed E-state index contributed by atoms with van der Waals surface area (Å²) in [6.45, 7) is 2.03. The van der Waals surface area contributed by atoms with Crippen LogP contribution in [-0.4, -0.2) is 34.3 Å². The summed E-state index contributed by atoms with van der Waals surface area (Å²) < 4.78 is 20.9. The Bertz CT molecular complexity index is 817. The van der Waals surface area contributed by atoms with E-state index in [1.54, 1.807) is 6.92 Å². The quantitative estimate of drug-likeness (QED) is 0.245. The number of thiophene rings is 1. The summed E-state index contributed by atoms with van der Waals surface area (Å²) in [6, 6.07) is 13.3. The van der Waals surface area contributed by atoms with Crippen LogP contribution in [-0.2, 0) is 15.5 Å². The third-order valence-corrected chi connectivity index (χ3v) is 5.90. The van der Waals surface area contributed by atoms with Gasteiger partial charge in [0, 0.05) is 16.8 Å². The Morgan fingerprint density at radius 3 is 2.59 bits per heavy atom. The highest BCUT2D eigenvalue weighted by atomic mass is 32.1. The zero-order chi connectivity index (χ0) is 21.3. The van der Waals surface area contributed by atoms with Crippen molar-refractivity contribution in [1.29, 1.82) is 0 Å². The summed E-state index contributed by atoms with van der Waals surface area (Å²) in [7, 11) is -4.53. The largest absolute Gasteiger partial charge is 0.494 e. The second-order valence-corrected chi connectivity index (χ2v) is 9.63. The third kappa shape index (κ3) is 9.67. The van der Waals surface area contributed by atoms with Crippen LogP contribution in [0.2, 0.25) is 0 Å². The number of unbranched alkanes of at least 4 members (excludes halogenated alkanes) is 1. The number of hydrogen-bond donors (Lipinski definition) is 3. The van der Waals surface area contributed by atoms with Gasteiger partial charge in [0.2, 0.25) is 0 Å². The first-order valence-electron chi connectivity index (χ1n) is 9.43. The van der Waals surface area contributed by atoms with E-state index in [4.69, 9.17) is 20.3 Å². The van der Waals surface area contributed by atoms with Crippen LogP contribution in [0.1, 0.15) is 47.2 Å². The zero-order valence-corrected chi connectivity index (χ0v) is 18.2. The third-order valence-electron chi connectivity index (χ3n) is 4.25. The normalized spacial score (nSPS) is 13.8. The monoisotopic (exact) mass is 441 g/mol. The van der Waals surface area contributed by atoms with Crippen molar-refractivity contribution in [3.63, 3.8) is 0 Å². The van der Waals surface area contributed by atoms with Crippen LogP contribution in [0.3, 0.4) is 0 Å². The minimum Gasteiger partial charge on any atom is -0.494 e. The second kappa shape index (κ2) is 11.0. The van der Waals surface area contributed by atoms with Crippen LogP contribution in [0.15, 0.2) is 42.5 Å². The lowest BCUT2D eigenvalue weighted by Crippen LogP contribution is -2.41.